The van der Waals surface area contributed by atoms with Gasteiger partial charge in [-0.25, -0.2) is 4.98 Å². The lowest BCUT2D eigenvalue weighted by Crippen LogP contribution is -2.45. The van der Waals surface area contributed by atoms with Crippen molar-refractivity contribution < 1.29 is 4.74 Å². The molecule has 2 aliphatic rings. The average Bonchev–Trinajstić information content (AvgIpc) is 3.28. The van der Waals surface area contributed by atoms with E-state index in [-0.39, 0.29) is 5.41 Å². The Bertz CT molecular complexity index is 1180. The number of nitrogens with zero attached hydrogens (tertiary/aromatic N) is 3. The minimum atomic E-state index is -0.115. The highest BCUT2D eigenvalue weighted by atomic mass is 35.5. The van der Waals surface area contributed by atoms with Crippen LogP contribution in [0, 0.1) is 0 Å². The fraction of sp³-hybridized carbons (Fsp3) is 0.320. The van der Waals surface area contributed by atoms with E-state index in [0.29, 0.717) is 36.0 Å². The van der Waals surface area contributed by atoms with E-state index in [1.165, 1.54) is 16.7 Å². The normalized spacial score (nSPS) is 16.7. The van der Waals surface area contributed by atoms with Crippen LogP contribution in [-0.4, -0.2) is 34.8 Å². The summed E-state index contributed by atoms with van der Waals surface area (Å²) in [6, 6.07) is 18.2. The predicted molar refractivity (Wildman–Crippen MR) is 141 cm³/mol. The van der Waals surface area contributed by atoms with E-state index < -0.39 is 0 Å². The first-order valence-electron chi connectivity index (χ1n) is 11.3. The fourth-order valence-electron chi connectivity index (χ4n) is 4.66. The smallest absolute Gasteiger partial charge is 0.232 e. The van der Waals surface area contributed by atoms with Crippen LogP contribution in [-0.2, 0) is 23.2 Å². The third kappa shape index (κ3) is 5.13. The summed E-state index contributed by atoms with van der Waals surface area (Å²) in [6.45, 7) is 3.63. The Balaban J connectivity index is 1.27. The van der Waals surface area contributed by atoms with Crippen molar-refractivity contribution in [3.63, 3.8) is 0 Å². The van der Waals surface area contributed by atoms with E-state index in [1.807, 2.05) is 18.2 Å². The van der Waals surface area contributed by atoms with Gasteiger partial charge in [0.1, 0.15) is 11.0 Å². The second-order valence-electron chi connectivity index (χ2n) is 8.71. The standard InChI is InChI=1S/C25H25Cl2N5OS/c26-20-7-3-6-19(12-20)25(8-10-33-11-9-25)16-28-24(34)31-23-29-21(27)13-22(30-23)32-14-17-4-1-2-5-18(17)15-32/h1-7,12-13H,8-11,14-16H2,(H2,28,29,30,31,34). The van der Waals surface area contributed by atoms with Crippen molar-refractivity contribution in [3.05, 3.63) is 81.5 Å². The van der Waals surface area contributed by atoms with Crippen LogP contribution in [0.15, 0.2) is 54.6 Å². The van der Waals surface area contributed by atoms with Crippen LogP contribution in [0.1, 0.15) is 29.5 Å². The Morgan fingerprint density at radius 3 is 2.44 bits per heavy atom. The molecule has 2 N–H and O–H groups in total. The van der Waals surface area contributed by atoms with Gasteiger partial charge in [0.05, 0.1) is 0 Å². The fourth-order valence-corrected chi connectivity index (χ4v) is 5.19. The van der Waals surface area contributed by atoms with E-state index >= 15 is 0 Å². The molecule has 0 amide bonds. The second-order valence-corrected chi connectivity index (χ2v) is 9.94. The molecule has 0 radical (unpaired) electrons. The van der Waals surface area contributed by atoms with Crippen molar-refractivity contribution in [2.24, 2.45) is 0 Å². The highest BCUT2D eigenvalue weighted by Gasteiger charge is 2.34. The molecule has 0 spiro atoms. The predicted octanol–water partition coefficient (Wildman–Crippen LogP) is 5.34. The zero-order chi connectivity index (χ0) is 23.5. The Morgan fingerprint density at radius 1 is 1.00 bits per heavy atom. The molecule has 2 aliphatic heterocycles. The lowest BCUT2D eigenvalue weighted by atomic mass is 9.74. The van der Waals surface area contributed by atoms with Crippen LogP contribution in [0.4, 0.5) is 11.8 Å². The Kier molecular flexibility index (Phi) is 6.88. The molecular formula is C25H25Cl2N5OS. The molecule has 9 heteroatoms. The van der Waals surface area contributed by atoms with Crippen molar-refractivity contribution in [3.8, 4) is 0 Å². The average molecular weight is 514 g/mol. The molecule has 0 aliphatic carbocycles. The number of anilines is 2. The van der Waals surface area contributed by atoms with E-state index in [4.69, 9.17) is 40.2 Å². The van der Waals surface area contributed by atoms with Crippen molar-refractivity contribution in [1.29, 1.82) is 0 Å². The summed E-state index contributed by atoms with van der Waals surface area (Å²) in [5.41, 5.74) is 3.67. The summed E-state index contributed by atoms with van der Waals surface area (Å²) < 4.78 is 5.63. The molecule has 0 unspecified atom stereocenters. The third-order valence-electron chi connectivity index (χ3n) is 6.55. The van der Waals surface area contributed by atoms with Gasteiger partial charge in [0.15, 0.2) is 5.11 Å². The maximum atomic E-state index is 6.33. The molecule has 6 nitrogen and oxygen atoms in total. The molecule has 3 heterocycles. The van der Waals surface area contributed by atoms with Crippen LogP contribution in [0.5, 0.6) is 0 Å². The molecule has 34 heavy (non-hydrogen) atoms. The van der Waals surface area contributed by atoms with Gasteiger partial charge in [-0.05, 0) is 53.9 Å². The topological polar surface area (TPSA) is 62.3 Å². The summed E-state index contributed by atoms with van der Waals surface area (Å²) in [4.78, 5) is 11.2. The lowest BCUT2D eigenvalue weighted by molar-refractivity contribution is 0.0515. The first-order chi connectivity index (χ1) is 16.5. The van der Waals surface area contributed by atoms with Gasteiger partial charge in [-0.3, -0.25) is 0 Å². The zero-order valence-corrected chi connectivity index (χ0v) is 20.9. The minimum Gasteiger partial charge on any atom is -0.381 e. The molecule has 1 aromatic heterocycles. The third-order valence-corrected chi connectivity index (χ3v) is 7.22. The summed E-state index contributed by atoms with van der Waals surface area (Å²) in [6.07, 6.45) is 1.77. The van der Waals surface area contributed by atoms with Crippen LogP contribution in [0.25, 0.3) is 0 Å². The van der Waals surface area contributed by atoms with Crippen molar-refractivity contribution >= 4 is 52.3 Å². The Morgan fingerprint density at radius 2 is 1.74 bits per heavy atom. The van der Waals surface area contributed by atoms with Crippen molar-refractivity contribution in [2.75, 3.05) is 30.0 Å². The summed E-state index contributed by atoms with van der Waals surface area (Å²) >= 11 is 18.2. The number of hydrogen-bond donors (Lipinski definition) is 2. The van der Waals surface area contributed by atoms with E-state index in [2.05, 4.69) is 55.8 Å². The van der Waals surface area contributed by atoms with Gasteiger partial charge in [-0.1, -0.05) is 59.6 Å². The Hall–Kier alpha value is -2.45. The van der Waals surface area contributed by atoms with E-state index in [0.717, 1.165) is 36.8 Å². The molecule has 1 saturated heterocycles. The van der Waals surface area contributed by atoms with Gasteiger partial charge in [0, 0.05) is 49.4 Å². The number of thiocarbonyl (C=S) groups is 1. The van der Waals surface area contributed by atoms with E-state index in [9.17, 15) is 0 Å². The second kappa shape index (κ2) is 10.0. The molecule has 5 rings (SSSR count). The maximum absolute atomic E-state index is 6.33. The number of nitrogens with one attached hydrogen (secondary N) is 2. The molecule has 176 valence electrons. The first-order valence-corrected chi connectivity index (χ1v) is 12.4. The quantitative estimate of drug-likeness (QED) is 0.352. The van der Waals surface area contributed by atoms with Crippen LogP contribution in [0.2, 0.25) is 10.2 Å². The van der Waals surface area contributed by atoms with Crippen LogP contribution in [0.3, 0.4) is 0 Å². The van der Waals surface area contributed by atoms with Crippen molar-refractivity contribution in [2.45, 2.75) is 31.3 Å². The molecule has 3 aromatic rings. The summed E-state index contributed by atoms with van der Waals surface area (Å²) in [7, 11) is 0. The number of benzene rings is 2. The first kappa shape index (κ1) is 23.3. The van der Waals surface area contributed by atoms with Gasteiger partial charge < -0.3 is 20.3 Å². The number of aromatic nitrogens is 2. The molecule has 0 saturated carbocycles. The monoisotopic (exact) mass is 513 g/mol. The van der Waals surface area contributed by atoms with Gasteiger partial charge in [0.2, 0.25) is 5.95 Å². The van der Waals surface area contributed by atoms with Gasteiger partial charge in [-0.15, -0.1) is 0 Å². The van der Waals surface area contributed by atoms with Crippen LogP contribution >= 0.6 is 35.4 Å². The number of fused-ring (bicyclic) bond motifs is 1. The number of ether oxygens (including phenoxy) is 1. The van der Waals surface area contributed by atoms with Gasteiger partial charge in [0.25, 0.3) is 0 Å². The lowest BCUT2D eigenvalue weighted by Gasteiger charge is -2.38. The SMILES string of the molecule is S=C(NCC1(c2cccc(Cl)c2)CCOCC1)Nc1nc(Cl)cc(N2Cc3ccccc3C2)n1. The van der Waals surface area contributed by atoms with Gasteiger partial charge >= 0.3 is 0 Å². The maximum Gasteiger partial charge on any atom is 0.232 e. The minimum absolute atomic E-state index is 0.115. The molecular weight excluding hydrogens is 489 g/mol. The number of hydrogen-bond acceptors (Lipinski definition) is 5. The number of halogens is 2. The highest BCUT2D eigenvalue weighted by molar-refractivity contribution is 7.80. The largest absolute Gasteiger partial charge is 0.381 e. The van der Waals surface area contributed by atoms with Crippen molar-refractivity contribution in [1.82, 2.24) is 15.3 Å². The molecule has 2 aromatic carbocycles. The molecule has 1 fully saturated rings. The number of rotatable bonds is 5. The zero-order valence-electron chi connectivity index (χ0n) is 18.6. The van der Waals surface area contributed by atoms with E-state index in [1.54, 1.807) is 6.07 Å². The summed E-state index contributed by atoms with van der Waals surface area (Å²) in [5, 5.41) is 8.03. The Labute approximate surface area is 214 Å². The molecule has 0 atom stereocenters. The van der Waals surface area contributed by atoms with Gasteiger partial charge in [-0.2, -0.15) is 4.98 Å². The molecule has 0 bridgehead atoms. The summed E-state index contributed by atoms with van der Waals surface area (Å²) in [5.74, 6) is 1.14. The van der Waals surface area contributed by atoms with Crippen LogP contribution < -0.4 is 15.5 Å². The highest BCUT2D eigenvalue weighted by Crippen LogP contribution is 2.35.